The van der Waals surface area contributed by atoms with Crippen molar-refractivity contribution >= 4 is 47.4 Å². The van der Waals surface area contributed by atoms with E-state index in [2.05, 4.69) is 21.3 Å². The van der Waals surface area contributed by atoms with Crippen LogP contribution in [0.4, 0.5) is 0 Å². The van der Waals surface area contributed by atoms with Crippen LogP contribution in [0.1, 0.15) is 65.2 Å². The van der Waals surface area contributed by atoms with E-state index >= 15 is 0 Å². The van der Waals surface area contributed by atoms with Gasteiger partial charge in [0, 0.05) is 0 Å². The van der Waals surface area contributed by atoms with E-state index < -0.39 is 97.0 Å². The van der Waals surface area contributed by atoms with Gasteiger partial charge >= 0.3 is 17.9 Å². The number of amides is 5. The van der Waals surface area contributed by atoms with Gasteiger partial charge in [0.1, 0.15) is 24.2 Å². The van der Waals surface area contributed by atoms with Crippen molar-refractivity contribution in [3.05, 3.63) is 0 Å². The van der Waals surface area contributed by atoms with Crippen molar-refractivity contribution < 1.29 is 53.7 Å². The van der Waals surface area contributed by atoms with Crippen LogP contribution in [0, 0.1) is 5.92 Å². The van der Waals surface area contributed by atoms with Crippen LogP contribution in [0.15, 0.2) is 0 Å². The van der Waals surface area contributed by atoms with Gasteiger partial charge in [-0.15, -0.1) is 0 Å². The van der Waals surface area contributed by atoms with Crippen molar-refractivity contribution in [2.75, 3.05) is 19.6 Å². The summed E-state index contributed by atoms with van der Waals surface area (Å²) in [7, 11) is 0. The van der Waals surface area contributed by atoms with Gasteiger partial charge in [-0.3, -0.25) is 33.6 Å². The summed E-state index contributed by atoms with van der Waals surface area (Å²) in [5.41, 5.74) is 16.9. The second kappa shape index (κ2) is 22.2. The third-order valence-corrected chi connectivity index (χ3v) is 6.63. The summed E-state index contributed by atoms with van der Waals surface area (Å²) in [6.07, 6.45) is 0.00669. The zero-order valence-electron chi connectivity index (χ0n) is 26.1. The molecule has 5 atom stereocenters. The van der Waals surface area contributed by atoms with Crippen LogP contribution in [0.2, 0.25) is 0 Å². The van der Waals surface area contributed by atoms with Crippen molar-refractivity contribution in [1.29, 1.82) is 0 Å². The number of unbranched alkanes of at least 4 members (excludes halogenated alkanes) is 2. The van der Waals surface area contributed by atoms with E-state index in [1.165, 1.54) is 0 Å². The second-order valence-electron chi connectivity index (χ2n) is 10.9. The Bertz CT molecular complexity index is 1070. The van der Waals surface area contributed by atoms with Crippen LogP contribution >= 0.6 is 0 Å². The number of carboxylic acids is 3. The highest BCUT2D eigenvalue weighted by molar-refractivity contribution is 5.97. The molecule has 0 rings (SSSR count). The predicted molar refractivity (Wildman–Crippen MR) is 161 cm³/mol. The number of rotatable bonds is 24. The summed E-state index contributed by atoms with van der Waals surface area (Å²) in [5.74, 6) is -9.26. The minimum atomic E-state index is -1.76. The van der Waals surface area contributed by atoms with Gasteiger partial charge in [-0.25, -0.2) is 4.79 Å². The van der Waals surface area contributed by atoms with Gasteiger partial charge in [-0.05, 0) is 57.5 Å². The van der Waals surface area contributed by atoms with E-state index in [0.717, 1.165) is 0 Å². The quantitative estimate of drug-likeness (QED) is 0.0444. The van der Waals surface area contributed by atoms with E-state index in [1.54, 1.807) is 13.8 Å². The summed E-state index contributed by atoms with van der Waals surface area (Å²) >= 11 is 0. The maximum Gasteiger partial charge on any atom is 0.326 e. The predicted octanol–water partition coefficient (Wildman–Crippen LogP) is -3.68. The Morgan fingerprint density at radius 3 is 1.48 bits per heavy atom. The molecule has 0 aromatic heterocycles. The van der Waals surface area contributed by atoms with E-state index in [0.29, 0.717) is 32.2 Å². The molecule has 0 radical (unpaired) electrons. The standard InChI is InChI=1S/C27H48N8O11/c1-14(2)22(30)26(44)34-16(8-4-6-10-29)24(42)35-17(11-20(37)38)25(43)33-15(7-3-5-9-28)23(41)31-13-19(36)32-18(27(45)46)12-21(39)40/h14-18,22H,3-13,28-30H2,1-2H3,(H,31,41)(H,32,36)(H,33,43)(H,34,44)(H,35,42)(H,37,38)(H,39,40)(H,45,46)/t15-,16-,17-,18-,22-/m0/s1. The monoisotopic (exact) mass is 660 g/mol. The molecular formula is C27H48N8O11. The fourth-order valence-electron chi connectivity index (χ4n) is 3.93. The number of hydrogen-bond donors (Lipinski definition) is 11. The van der Waals surface area contributed by atoms with Gasteiger partial charge in [0.2, 0.25) is 29.5 Å². The SMILES string of the molecule is CC(C)[C@H](N)C(=O)N[C@@H](CCCCN)C(=O)N[C@@H](CC(=O)O)C(=O)N[C@@H](CCCCN)C(=O)NCC(=O)N[C@@H](CC(=O)O)C(=O)O. The number of carbonyl (C=O) groups is 8. The molecule has 14 N–H and O–H groups in total. The molecule has 262 valence electrons. The Labute approximate surface area is 266 Å². The lowest BCUT2D eigenvalue weighted by Gasteiger charge is -2.26. The van der Waals surface area contributed by atoms with Crippen LogP contribution in [0.5, 0.6) is 0 Å². The molecular weight excluding hydrogens is 612 g/mol. The first-order valence-corrected chi connectivity index (χ1v) is 14.8. The normalized spacial score (nSPS) is 14.1. The summed E-state index contributed by atoms with van der Waals surface area (Å²) in [5, 5.41) is 38.7. The van der Waals surface area contributed by atoms with Crippen molar-refractivity contribution in [3.8, 4) is 0 Å². The molecule has 0 spiro atoms. The van der Waals surface area contributed by atoms with Gasteiger partial charge in [0.05, 0.1) is 25.4 Å². The van der Waals surface area contributed by atoms with E-state index in [1.807, 2.05) is 5.32 Å². The number of hydrogen-bond acceptors (Lipinski definition) is 11. The van der Waals surface area contributed by atoms with Gasteiger partial charge < -0.3 is 59.1 Å². The first kappa shape index (κ1) is 41.6. The summed E-state index contributed by atoms with van der Waals surface area (Å²) in [4.78, 5) is 97.7. The highest BCUT2D eigenvalue weighted by atomic mass is 16.4. The molecule has 5 amide bonds. The molecule has 0 saturated heterocycles. The van der Waals surface area contributed by atoms with Crippen LogP contribution in [0.25, 0.3) is 0 Å². The molecule has 0 aliphatic heterocycles. The Hall–Kier alpha value is -4.36. The van der Waals surface area contributed by atoms with Crippen molar-refractivity contribution in [3.63, 3.8) is 0 Å². The second-order valence-corrected chi connectivity index (χ2v) is 10.9. The third-order valence-electron chi connectivity index (χ3n) is 6.63. The van der Waals surface area contributed by atoms with Gasteiger partial charge in [0.15, 0.2) is 0 Å². The molecule has 0 aromatic rings. The fraction of sp³-hybridized carbons (Fsp3) is 0.704. The molecule has 0 aliphatic carbocycles. The summed E-state index contributed by atoms with van der Waals surface area (Å²) in [6.45, 7) is 3.21. The molecule has 19 heteroatoms. The van der Waals surface area contributed by atoms with E-state index in [-0.39, 0.29) is 25.3 Å². The lowest BCUT2D eigenvalue weighted by atomic mass is 10.0. The summed E-state index contributed by atoms with van der Waals surface area (Å²) in [6, 6.07) is -6.89. The Balaban J connectivity index is 5.78. The highest BCUT2D eigenvalue weighted by Gasteiger charge is 2.32. The lowest BCUT2D eigenvalue weighted by molar-refractivity contribution is -0.147. The molecule has 0 bridgehead atoms. The average Bonchev–Trinajstić information content (AvgIpc) is 2.97. The number of aliphatic carboxylic acids is 3. The van der Waals surface area contributed by atoms with Gasteiger partial charge in [-0.2, -0.15) is 0 Å². The van der Waals surface area contributed by atoms with Crippen LogP contribution in [-0.4, -0.2) is 113 Å². The molecule has 19 nitrogen and oxygen atoms in total. The number of carboxylic acid groups (broad SMARTS) is 3. The maximum absolute atomic E-state index is 13.2. The number of nitrogens with one attached hydrogen (secondary N) is 5. The van der Waals surface area contributed by atoms with E-state index in [4.69, 9.17) is 27.4 Å². The third kappa shape index (κ3) is 17.2. The zero-order chi connectivity index (χ0) is 35.4. The van der Waals surface area contributed by atoms with Gasteiger partial charge in [-0.1, -0.05) is 13.8 Å². The first-order valence-electron chi connectivity index (χ1n) is 14.8. The van der Waals surface area contributed by atoms with Crippen molar-refractivity contribution in [1.82, 2.24) is 26.6 Å². The zero-order valence-corrected chi connectivity index (χ0v) is 26.1. The molecule has 0 heterocycles. The van der Waals surface area contributed by atoms with Crippen LogP contribution in [0.3, 0.4) is 0 Å². The first-order chi connectivity index (χ1) is 21.5. The minimum absolute atomic E-state index is 0.00818. The Morgan fingerprint density at radius 2 is 1.02 bits per heavy atom. The Kier molecular flexibility index (Phi) is 20.1. The number of nitrogens with two attached hydrogens (primary N) is 3. The Morgan fingerprint density at radius 1 is 0.587 bits per heavy atom. The highest BCUT2D eigenvalue weighted by Crippen LogP contribution is 2.07. The minimum Gasteiger partial charge on any atom is -0.481 e. The van der Waals surface area contributed by atoms with E-state index in [9.17, 15) is 43.5 Å². The van der Waals surface area contributed by atoms with Crippen LogP contribution in [-0.2, 0) is 38.4 Å². The van der Waals surface area contributed by atoms with Gasteiger partial charge in [0.25, 0.3) is 0 Å². The molecule has 46 heavy (non-hydrogen) atoms. The summed E-state index contributed by atoms with van der Waals surface area (Å²) < 4.78 is 0. The lowest BCUT2D eigenvalue weighted by Crippen LogP contribution is -2.58. The van der Waals surface area contributed by atoms with Crippen molar-refractivity contribution in [2.45, 2.75) is 95.4 Å². The largest absolute Gasteiger partial charge is 0.481 e. The fourth-order valence-corrected chi connectivity index (χ4v) is 3.93. The maximum atomic E-state index is 13.2. The van der Waals surface area contributed by atoms with Crippen LogP contribution < -0.4 is 43.8 Å². The smallest absolute Gasteiger partial charge is 0.326 e. The van der Waals surface area contributed by atoms with Crippen molar-refractivity contribution in [2.24, 2.45) is 23.1 Å². The average molecular weight is 661 g/mol. The molecule has 0 saturated carbocycles. The topological polar surface area (TPSA) is 335 Å². The molecule has 0 unspecified atom stereocenters. The molecule has 0 aromatic carbocycles. The number of carbonyl (C=O) groups excluding carboxylic acids is 5. The molecule has 0 fully saturated rings. The molecule has 0 aliphatic rings.